The first-order valence-corrected chi connectivity index (χ1v) is 9.08. The van der Waals surface area contributed by atoms with E-state index in [1.54, 1.807) is 36.4 Å². The van der Waals surface area contributed by atoms with E-state index < -0.39 is 18.0 Å². The largest absolute Gasteiger partial charge is 0.496 e. The Hall–Kier alpha value is -3.67. The number of methoxy groups -OCH3 is 1. The lowest BCUT2D eigenvalue weighted by molar-refractivity contribution is -0.123. The molecule has 6 nitrogen and oxygen atoms in total. The molecule has 0 saturated heterocycles. The number of nitrogens with one attached hydrogen (secondary N) is 1. The predicted octanol–water partition coefficient (Wildman–Crippen LogP) is 4.24. The second kappa shape index (κ2) is 8.56. The van der Waals surface area contributed by atoms with Crippen LogP contribution in [0.1, 0.15) is 34.6 Å². The number of amides is 1. The molecule has 148 valence electrons. The summed E-state index contributed by atoms with van der Waals surface area (Å²) in [7, 11) is 1.47. The topological polar surface area (TPSA) is 81.7 Å². The number of anilines is 1. The Morgan fingerprint density at radius 2 is 1.62 bits per heavy atom. The number of carbonyl (C=O) groups excluding carboxylic acids is 3. The third kappa shape index (κ3) is 4.60. The minimum atomic E-state index is -1.04. The van der Waals surface area contributed by atoms with Crippen LogP contribution in [0.4, 0.5) is 5.69 Å². The molecule has 0 spiro atoms. The van der Waals surface area contributed by atoms with Gasteiger partial charge in [0.2, 0.25) is 0 Å². The summed E-state index contributed by atoms with van der Waals surface area (Å²) in [6.07, 6.45) is -1.04. The minimum absolute atomic E-state index is 0.107. The summed E-state index contributed by atoms with van der Waals surface area (Å²) in [5, 5.41) is 4.44. The van der Waals surface area contributed by atoms with Crippen LogP contribution in [0.25, 0.3) is 10.8 Å². The molecule has 0 aliphatic rings. The number of hydrogen-bond acceptors (Lipinski definition) is 5. The van der Waals surface area contributed by atoms with Gasteiger partial charge in [0.15, 0.2) is 11.9 Å². The monoisotopic (exact) mass is 391 g/mol. The summed E-state index contributed by atoms with van der Waals surface area (Å²) < 4.78 is 10.7. The van der Waals surface area contributed by atoms with Gasteiger partial charge < -0.3 is 14.8 Å². The molecule has 6 heteroatoms. The van der Waals surface area contributed by atoms with Crippen LogP contribution < -0.4 is 10.1 Å². The molecule has 0 aliphatic heterocycles. The van der Waals surface area contributed by atoms with Gasteiger partial charge in [-0.1, -0.05) is 36.4 Å². The molecule has 3 rings (SSSR count). The molecule has 29 heavy (non-hydrogen) atoms. The highest BCUT2D eigenvalue weighted by Crippen LogP contribution is 2.27. The summed E-state index contributed by atoms with van der Waals surface area (Å²) >= 11 is 0. The third-order valence-electron chi connectivity index (χ3n) is 4.48. The smallest absolute Gasteiger partial charge is 0.342 e. The number of rotatable bonds is 6. The number of ketones is 1. The van der Waals surface area contributed by atoms with Gasteiger partial charge in [-0.2, -0.15) is 0 Å². The quantitative estimate of drug-likeness (QED) is 0.502. The lowest BCUT2D eigenvalue weighted by Gasteiger charge is -2.15. The fourth-order valence-corrected chi connectivity index (χ4v) is 2.89. The van der Waals surface area contributed by atoms with Gasteiger partial charge in [0.25, 0.3) is 5.91 Å². The highest BCUT2D eigenvalue weighted by molar-refractivity contribution is 6.02. The number of carbonyl (C=O) groups is 3. The SMILES string of the molecule is COc1cc2ccccc2cc1C(=O)O[C@H](C)C(=O)Nc1cccc(C(C)=O)c1. The normalized spacial score (nSPS) is 11.6. The van der Waals surface area contributed by atoms with Crippen LogP contribution in [0.5, 0.6) is 5.75 Å². The summed E-state index contributed by atoms with van der Waals surface area (Å²) in [6.45, 7) is 2.93. The fraction of sp³-hybridized carbons (Fsp3) is 0.174. The Morgan fingerprint density at radius 3 is 2.28 bits per heavy atom. The van der Waals surface area contributed by atoms with E-state index in [1.807, 2.05) is 24.3 Å². The molecule has 0 saturated carbocycles. The maximum Gasteiger partial charge on any atom is 0.342 e. The number of benzene rings is 3. The van der Waals surface area contributed by atoms with Gasteiger partial charge in [-0.25, -0.2) is 4.79 Å². The first-order valence-electron chi connectivity index (χ1n) is 9.08. The maximum absolute atomic E-state index is 12.7. The van der Waals surface area contributed by atoms with Gasteiger partial charge in [-0.05, 0) is 48.9 Å². The van der Waals surface area contributed by atoms with Gasteiger partial charge in [0.1, 0.15) is 11.3 Å². The zero-order chi connectivity index (χ0) is 21.0. The van der Waals surface area contributed by atoms with Crippen LogP contribution in [-0.4, -0.2) is 30.9 Å². The molecule has 3 aromatic rings. The van der Waals surface area contributed by atoms with E-state index in [4.69, 9.17) is 9.47 Å². The highest BCUT2D eigenvalue weighted by Gasteiger charge is 2.22. The number of hydrogen-bond donors (Lipinski definition) is 1. The maximum atomic E-state index is 12.7. The van der Waals surface area contributed by atoms with Gasteiger partial charge in [-0.15, -0.1) is 0 Å². The van der Waals surface area contributed by atoms with Crippen molar-refractivity contribution in [2.24, 2.45) is 0 Å². The van der Waals surface area contributed by atoms with Crippen LogP contribution in [0.2, 0.25) is 0 Å². The average molecular weight is 391 g/mol. The van der Waals surface area contributed by atoms with Crippen molar-refractivity contribution in [3.05, 3.63) is 71.8 Å². The van der Waals surface area contributed by atoms with Crippen LogP contribution >= 0.6 is 0 Å². The first kappa shape index (κ1) is 20.1. The zero-order valence-electron chi connectivity index (χ0n) is 16.4. The average Bonchev–Trinajstić information content (AvgIpc) is 2.72. The van der Waals surface area contributed by atoms with E-state index in [0.717, 1.165) is 10.8 Å². The van der Waals surface area contributed by atoms with Crippen LogP contribution in [-0.2, 0) is 9.53 Å². The summed E-state index contributed by atoms with van der Waals surface area (Å²) in [5.74, 6) is -0.897. The standard InChI is InChI=1S/C23H21NO5/c1-14(25)16-9-6-10-19(11-16)24-22(26)15(2)29-23(27)20-12-17-7-4-5-8-18(17)13-21(20)28-3/h4-13,15H,1-3H3,(H,24,26)/t15-/m1/s1. The van der Waals surface area contributed by atoms with Gasteiger partial charge >= 0.3 is 5.97 Å². The van der Waals surface area contributed by atoms with E-state index in [2.05, 4.69) is 5.32 Å². The molecule has 3 aromatic carbocycles. The molecular formula is C23H21NO5. The first-order chi connectivity index (χ1) is 13.9. The number of ether oxygens (including phenoxy) is 2. The van der Waals surface area contributed by atoms with E-state index in [1.165, 1.54) is 21.0 Å². The van der Waals surface area contributed by atoms with Gasteiger partial charge in [0.05, 0.1) is 7.11 Å². The van der Waals surface area contributed by atoms with Crippen LogP contribution in [0.15, 0.2) is 60.7 Å². The zero-order valence-corrected chi connectivity index (χ0v) is 16.4. The fourth-order valence-electron chi connectivity index (χ4n) is 2.89. The second-order valence-corrected chi connectivity index (χ2v) is 6.57. The van der Waals surface area contributed by atoms with Crippen LogP contribution in [0, 0.1) is 0 Å². The molecule has 1 N–H and O–H groups in total. The Kier molecular flexibility index (Phi) is 5.93. The third-order valence-corrected chi connectivity index (χ3v) is 4.48. The summed E-state index contributed by atoms with van der Waals surface area (Å²) in [4.78, 5) is 36.6. The van der Waals surface area contributed by atoms with E-state index in [-0.39, 0.29) is 11.3 Å². The van der Waals surface area contributed by atoms with Crippen molar-refractivity contribution in [3.63, 3.8) is 0 Å². The summed E-state index contributed by atoms with van der Waals surface area (Å²) in [5.41, 5.74) is 1.17. The lowest BCUT2D eigenvalue weighted by Crippen LogP contribution is -2.30. The Morgan fingerprint density at radius 1 is 0.931 bits per heavy atom. The molecule has 1 amide bonds. The lowest BCUT2D eigenvalue weighted by atomic mass is 10.1. The van der Waals surface area contributed by atoms with E-state index in [0.29, 0.717) is 17.0 Å². The Bertz CT molecular complexity index is 1090. The Balaban J connectivity index is 1.74. The van der Waals surface area contributed by atoms with Gasteiger partial charge in [-0.3, -0.25) is 9.59 Å². The highest BCUT2D eigenvalue weighted by atomic mass is 16.5. The molecule has 0 aromatic heterocycles. The Labute approximate surface area is 168 Å². The van der Waals surface area contributed by atoms with E-state index >= 15 is 0 Å². The molecule has 0 bridgehead atoms. The number of esters is 1. The van der Waals surface area contributed by atoms with Gasteiger partial charge in [0, 0.05) is 11.3 Å². The molecule has 0 radical (unpaired) electrons. The predicted molar refractivity (Wildman–Crippen MR) is 110 cm³/mol. The molecule has 0 heterocycles. The molecule has 0 unspecified atom stereocenters. The van der Waals surface area contributed by atoms with Crippen molar-refractivity contribution in [2.75, 3.05) is 12.4 Å². The van der Waals surface area contributed by atoms with Crippen LogP contribution in [0.3, 0.4) is 0 Å². The van der Waals surface area contributed by atoms with Crippen molar-refractivity contribution in [3.8, 4) is 5.75 Å². The molecular weight excluding hydrogens is 370 g/mol. The second-order valence-electron chi connectivity index (χ2n) is 6.57. The summed E-state index contributed by atoms with van der Waals surface area (Å²) in [6, 6.07) is 17.6. The van der Waals surface area contributed by atoms with Crippen molar-refractivity contribution < 1.29 is 23.9 Å². The van der Waals surface area contributed by atoms with E-state index in [9.17, 15) is 14.4 Å². The van der Waals surface area contributed by atoms with Crippen molar-refractivity contribution in [1.82, 2.24) is 0 Å². The van der Waals surface area contributed by atoms with Crippen molar-refractivity contribution in [1.29, 1.82) is 0 Å². The van der Waals surface area contributed by atoms with Crippen molar-refractivity contribution in [2.45, 2.75) is 20.0 Å². The van der Waals surface area contributed by atoms with Crippen molar-refractivity contribution >= 4 is 34.1 Å². The minimum Gasteiger partial charge on any atom is -0.496 e. The molecule has 0 aliphatic carbocycles. The molecule has 1 atom stereocenters. The number of Topliss-reactive ketones (excluding diaryl/α,β-unsaturated/α-hetero) is 1. The number of fused-ring (bicyclic) bond motifs is 1. The molecule has 0 fully saturated rings.